The minimum atomic E-state index is -1.14. The minimum Gasteiger partial charge on any atom is -0.491 e. The fourth-order valence-electron chi connectivity index (χ4n) is 4.71. The molecule has 8 nitrogen and oxygen atoms in total. The van der Waals surface area contributed by atoms with E-state index in [-0.39, 0.29) is 36.5 Å². The molecular formula is C27H28FN3O5. The second-order valence-electron chi connectivity index (χ2n) is 9.07. The number of morpholine rings is 1. The number of para-hydroxylation sites is 1. The number of benzene rings is 2. The van der Waals surface area contributed by atoms with E-state index in [0.29, 0.717) is 37.4 Å². The molecule has 1 fully saturated rings. The van der Waals surface area contributed by atoms with Gasteiger partial charge in [0.2, 0.25) is 0 Å². The number of rotatable bonds is 2. The monoisotopic (exact) mass is 493 g/mol. The average Bonchev–Trinajstić information content (AvgIpc) is 3.39. The van der Waals surface area contributed by atoms with Gasteiger partial charge in [-0.3, -0.25) is 9.59 Å². The maximum Gasteiger partial charge on any atom is 0.276 e. The maximum absolute atomic E-state index is 13.3. The Kier molecular flexibility index (Phi) is 6.99. The second-order valence-corrected chi connectivity index (χ2v) is 9.07. The van der Waals surface area contributed by atoms with Crippen LogP contribution in [0, 0.1) is 5.82 Å². The Morgan fingerprint density at radius 3 is 2.78 bits per heavy atom. The summed E-state index contributed by atoms with van der Waals surface area (Å²) < 4.78 is 30.5. The summed E-state index contributed by atoms with van der Waals surface area (Å²) in [5.41, 5.74) is 0.743. The highest BCUT2D eigenvalue weighted by Crippen LogP contribution is 2.29. The zero-order chi connectivity index (χ0) is 25.0. The van der Waals surface area contributed by atoms with E-state index in [0.717, 1.165) is 30.6 Å². The van der Waals surface area contributed by atoms with Crippen molar-refractivity contribution in [2.45, 2.75) is 31.3 Å². The Balaban J connectivity index is 1.30. The van der Waals surface area contributed by atoms with Crippen molar-refractivity contribution in [3.63, 3.8) is 0 Å². The Morgan fingerprint density at radius 2 is 1.92 bits per heavy atom. The van der Waals surface area contributed by atoms with Crippen LogP contribution in [-0.4, -0.2) is 60.3 Å². The molecule has 3 aromatic rings. The number of carbonyl (C=O) groups excluding carboxylic acids is 2. The van der Waals surface area contributed by atoms with Crippen LogP contribution in [0.5, 0.6) is 5.75 Å². The molecule has 1 N–H and O–H groups in total. The molecule has 2 amide bonds. The van der Waals surface area contributed by atoms with Crippen LogP contribution in [0.15, 0.2) is 59.1 Å². The number of ether oxygens (including phenoxy) is 2. The van der Waals surface area contributed by atoms with Crippen molar-refractivity contribution in [2.75, 3.05) is 32.8 Å². The molecule has 3 heterocycles. The normalized spacial score (nSPS) is 21.0. The molecule has 0 saturated carbocycles. The van der Waals surface area contributed by atoms with Crippen LogP contribution < -0.4 is 10.1 Å². The smallest absolute Gasteiger partial charge is 0.276 e. The molecule has 0 radical (unpaired) electrons. The van der Waals surface area contributed by atoms with E-state index in [1.54, 1.807) is 17.0 Å². The van der Waals surface area contributed by atoms with Crippen molar-refractivity contribution >= 4 is 11.8 Å². The van der Waals surface area contributed by atoms with Gasteiger partial charge in [-0.2, -0.15) is 0 Å². The lowest BCUT2D eigenvalue weighted by Gasteiger charge is -2.41. The third-order valence-electron chi connectivity index (χ3n) is 6.64. The molecule has 5 rings (SSSR count). The third-order valence-corrected chi connectivity index (χ3v) is 6.64. The number of hydrogen-bond donors (Lipinski definition) is 1. The van der Waals surface area contributed by atoms with Crippen molar-refractivity contribution in [1.29, 1.82) is 0 Å². The van der Waals surface area contributed by atoms with Gasteiger partial charge in [-0.15, -0.1) is 0 Å². The molecule has 0 bridgehead atoms. The highest BCUT2D eigenvalue weighted by Gasteiger charge is 2.45. The molecule has 1 aromatic heterocycles. The molecular weight excluding hydrogens is 465 g/mol. The minimum absolute atomic E-state index is 0.119. The van der Waals surface area contributed by atoms with E-state index in [1.807, 2.05) is 18.2 Å². The number of hydrogen-bond acceptors (Lipinski definition) is 6. The molecule has 2 aromatic carbocycles. The number of aryl methyl sites for hydroxylation is 1. The van der Waals surface area contributed by atoms with Crippen molar-refractivity contribution in [3.8, 4) is 17.1 Å². The summed E-state index contributed by atoms with van der Waals surface area (Å²) in [7, 11) is 0. The van der Waals surface area contributed by atoms with Gasteiger partial charge >= 0.3 is 0 Å². The number of nitrogens with one attached hydrogen (secondary N) is 1. The van der Waals surface area contributed by atoms with Gasteiger partial charge in [0.05, 0.1) is 19.7 Å². The summed E-state index contributed by atoms with van der Waals surface area (Å²) in [4.78, 5) is 28.2. The lowest BCUT2D eigenvalue weighted by atomic mass is 9.91. The number of amides is 2. The summed E-state index contributed by atoms with van der Waals surface area (Å²) in [5, 5.41) is 6.86. The summed E-state index contributed by atoms with van der Waals surface area (Å²) in [5.74, 6) is 0.264. The lowest BCUT2D eigenvalue weighted by Crippen LogP contribution is -2.61. The summed E-state index contributed by atoms with van der Waals surface area (Å²) in [6.45, 7) is 1.36. The second kappa shape index (κ2) is 10.5. The number of fused-ring (bicyclic) bond motifs is 1. The van der Waals surface area contributed by atoms with Crippen LogP contribution in [0.4, 0.5) is 4.39 Å². The van der Waals surface area contributed by atoms with E-state index in [9.17, 15) is 14.0 Å². The van der Waals surface area contributed by atoms with Crippen LogP contribution >= 0.6 is 0 Å². The lowest BCUT2D eigenvalue weighted by molar-refractivity contribution is -0.159. The number of aromatic nitrogens is 1. The highest BCUT2D eigenvalue weighted by molar-refractivity contribution is 5.94. The quantitative estimate of drug-likeness (QED) is 0.586. The molecule has 1 saturated heterocycles. The van der Waals surface area contributed by atoms with Gasteiger partial charge in [-0.25, -0.2) is 4.39 Å². The molecule has 9 heteroatoms. The molecule has 1 unspecified atom stereocenters. The first-order valence-corrected chi connectivity index (χ1v) is 12.2. The highest BCUT2D eigenvalue weighted by atomic mass is 19.1. The maximum atomic E-state index is 13.3. The van der Waals surface area contributed by atoms with E-state index in [4.69, 9.17) is 14.0 Å². The van der Waals surface area contributed by atoms with Crippen LogP contribution in [-0.2, 0) is 16.0 Å². The largest absolute Gasteiger partial charge is 0.491 e. The Bertz CT molecular complexity index is 1230. The van der Waals surface area contributed by atoms with Crippen molar-refractivity contribution in [2.24, 2.45) is 0 Å². The Morgan fingerprint density at radius 1 is 1.08 bits per heavy atom. The van der Waals surface area contributed by atoms with Gasteiger partial charge < -0.3 is 24.2 Å². The average molecular weight is 494 g/mol. The van der Waals surface area contributed by atoms with Crippen molar-refractivity contribution in [3.05, 3.63) is 71.7 Å². The first-order valence-electron chi connectivity index (χ1n) is 12.2. The zero-order valence-electron chi connectivity index (χ0n) is 19.9. The van der Waals surface area contributed by atoms with Gasteiger partial charge in [-0.05, 0) is 61.6 Å². The number of halogens is 1. The molecule has 1 atom stereocenters. The van der Waals surface area contributed by atoms with Gasteiger partial charge in [0.25, 0.3) is 11.8 Å². The predicted molar refractivity (Wildman–Crippen MR) is 129 cm³/mol. The van der Waals surface area contributed by atoms with Crippen molar-refractivity contribution in [1.82, 2.24) is 15.4 Å². The molecule has 188 valence electrons. The molecule has 1 spiro atoms. The van der Waals surface area contributed by atoms with Gasteiger partial charge in [-0.1, -0.05) is 23.4 Å². The molecule has 2 aliphatic rings. The van der Waals surface area contributed by atoms with Crippen LogP contribution in [0.3, 0.4) is 0 Å². The molecule has 36 heavy (non-hydrogen) atoms. The van der Waals surface area contributed by atoms with Gasteiger partial charge in [0, 0.05) is 18.2 Å². The van der Waals surface area contributed by atoms with Gasteiger partial charge in [0.1, 0.15) is 18.2 Å². The van der Waals surface area contributed by atoms with Crippen LogP contribution in [0.25, 0.3) is 11.3 Å². The molecule has 0 aliphatic carbocycles. The predicted octanol–water partition coefficient (Wildman–Crippen LogP) is 3.61. The topological polar surface area (TPSA) is 93.9 Å². The van der Waals surface area contributed by atoms with Crippen LogP contribution in [0.1, 0.15) is 35.3 Å². The van der Waals surface area contributed by atoms with E-state index < -0.39 is 5.60 Å². The summed E-state index contributed by atoms with van der Waals surface area (Å²) >= 11 is 0. The van der Waals surface area contributed by atoms with E-state index >= 15 is 0 Å². The first-order chi connectivity index (χ1) is 17.5. The molecule has 2 aliphatic heterocycles. The summed E-state index contributed by atoms with van der Waals surface area (Å²) in [6, 6.07) is 15.2. The van der Waals surface area contributed by atoms with E-state index in [2.05, 4.69) is 16.5 Å². The van der Waals surface area contributed by atoms with Crippen LogP contribution in [0.2, 0.25) is 0 Å². The Hall–Kier alpha value is -3.72. The van der Waals surface area contributed by atoms with Gasteiger partial charge in [0.15, 0.2) is 17.1 Å². The number of carbonyl (C=O) groups is 2. The first kappa shape index (κ1) is 24.0. The SMILES string of the molecule is O=C(c1cc(-c2ccc(F)cc2)on1)N1CCOC2(CCCCc3ccccc3OCCNC2=O)C1. The fourth-order valence-corrected chi connectivity index (χ4v) is 4.71. The summed E-state index contributed by atoms with van der Waals surface area (Å²) in [6.07, 6.45) is 2.94. The zero-order valence-corrected chi connectivity index (χ0v) is 19.9. The van der Waals surface area contributed by atoms with E-state index in [1.165, 1.54) is 18.2 Å². The van der Waals surface area contributed by atoms with Crippen molar-refractivity contribution < 1.29 is 28.0 Å². The number of nitrogens with zero attached hydrogens (tertiary/aromatic N) is 2. The third kappa shape index (κ3) is 5.11. The fraction of sp³-hybridized carbons (Fsp3) is 0.370. The standard InChI is InChI=1S/C27H28FN3O5/c28-21-10-8-20(9-11-21)24-17-22(30-36-24)25(32)31-14-16-35-27(18-31)12-4-3-6-19-5-1-2-7-23(19)34-15-13-29-26(27)33/h1-2,5,7-11,17H,3-4,6,12-16,18H2,(H,29,33). The Labute approximate surface area is 208 Å².